The van der Waals surface area contributed by atoms with Gasteiger partial charge in [-0.2, -0.15) is 0 Å². The number of hydrogen-bond donors (Lipinski definition) is 2. The monoisotopic (exact) mass is 278 g/mol. The Morgan fingerprint density at radius 2 is 1.95 bits per heavy atom. The second kappa shape index (κ2) is 7.78. The van der Waals surface area contributed by atoms with E-state index in [1.807, 2.05) is 0 Å². The molecule has 0 spiro atoms. The Morgan fingerprint density at radius 3 is 2.55 bits per heavy atom. The summed E-state index contributed by atoms with van der Waals surface area (Å²) >= 11 is 0. The number of anilines is 1. The predicted molar refractivity (Wildman–Crippen MR) is 83.0 cm³/mol. The summed E-state index contributed by atoms with van der Waals surface area (Å²) in [5.74, 6) is 1.49. The third-order valence-electron chi connectivity index (χ3n) is 2.86. The predicted octanol–water partition coefficient (Wildman–Crippen LogP) is 3.08. The first kappa shape index (κ1) is 16.3. The molecule has 4 heteroatoms. The number of hydrogen-bond acceptors (Lipinski definition) is 3. The van der Waals surface area contributed by atoms with Crippen molar-refractivity contribution in [2.45, 2.75) is 34.1 Å². The summed E-state index contributed by atoms with van der Waals surface area (Å²) < 4.78 is 5.63. The van der Waals surface area contributed by atoms with Gasteiger partial charge < -0.3 is 15.8 Å². The second-order valence-corrected chi connectivity index (χ2v) is 5.90. The molecule has 0 aliphatic rings. The number of benzene rings is 1. The van der Waals surface area contributed by atoms with Crippen LogP contribution in [0.3, 0.4) is 0 Å². The molecule has 20 heavy (non-hydrogen) atoms. The Kier molecular flexibility index (Phi) is 6.36. The highest BCUT2D eigenvalue weighted by molar-refractivity contribution is 5.95. The van der Waals surface area contributed by atoms with Crippen molar-refractivity contribution in [2.24, 2.45) is 11.8 Å². The van der Waals surface area contributed by atoms with E-state index in [1.54, 1.807) is 18.2 Å². The minimum atomic E-state index is -0.0833. The topological polar surface area (TPSA) is 64.4 Å². The van der Waals surface area contributed by atoms with E-state index in [-0.39, 0.29) is 5.91 Å². The summed E-state index contributed by atoms with van der Waals surface area (Å²) in [4.78, 5) is 12.0. The zero-order valence-corrected chi connectivity index (χ0v) is 12.9. The lowest BCUT2D eigenvalue weighted by atomic mass is 10.1. The van der Waals surface area contributed by atoms with Crippen LogP contribution in [0, 0.1) is 11.8 Å². The van der Waals surface area contributed by atoms with E-state index < -0.39 is 0 Å². The molecular weight excluding hydrogens is 252 g/mol. The molecule has 0 aromatic heterocycles. The summed E-state index contributed by atoms with van der Waals surface area (Å²) in [6, 6.07) is 5.15. The first-order chi connectivity index (χ1) is 9.40. The minimum absolute atomic E-state index is 0.0833. The van der Waals surface area contributed by atoms with Crippen molar-refractivity contribution in [1.29, 1.82) is 0 Å². The Balaban J connectivity index is 2.65. The summed E-state index contributed by atoms with van der Waals surface area (Å²) in [6.45, 7) is 9.67. The smallest absolute Gasteiger partial charge is 0.251 e. The largest absolute Gasteiger partial charge is 0.491 e. The van der Waals surface area contributed by atoms with Gasteiger partial charge in [0.1, 0.15) is 5.75 Å². The highest BCUT2D eigenvalue weighted by Gasteiger charge is 2.09. The molecule has 0 bridgehead atoms. The second-order valence-electron chi connectivity index (χ2n) is 5.90. The number of ether oxygens (including phenoxy) is 1. The third-order valence-corrected chi connectivity index (χ3v) is 2.86. The molecule has 1 aromatic carbocycles. The van der Waals surface area contributed by atoms with Gasteiger partial charge in [0.05, 0.1) is 12.3 Å². The van der Waals surface area contributed by atoms with E-state index in [4.69, 9.17) is 10.5 Å². The fourth-order valence-electron chi connectivity index (χ4n) is 1.63. The van der Waals surface area contributed by atoms with Crippen LogP contribution >= 0.6 is 0 Å². The number of nitrogen functional groups attached to an aromatic ring is 1. The molecule has 0 radical (unpaired) electrons. The van der Waals surface area contributed by atoms with Crippen molar-refractivity contribution in [3.05, 3.63) is 23.8 Å². The van der Waals surface area contributed by atoms with E-state index in [0.717, 1.165) is 6.42 Å². The van der Waals surface area contributed by atoms with Crippen LogP contribution < -0.4 is 15.8 Å². The first-order valence-corrected chi connectivity index (χ1v) is 7.20. The SMILES string of the molecule is CC(C)CCNC(=O)c1ccc(N)c(OCC(C)C)c1. The van der Waals surface area contributed by atoms with Crippen LogP contribution in [-0.4, -0.2) is 19.1 Å². The number of carbonyl (C=O) groups is 1. The van der Waals surface area contributed by atoms with E-state index in [1.165, 1.54) is 0 Å². The summed E-state index contributed by atoms with van der Waals surface area (Å²) in [5.41, 5.74) is 7.00. The molecular formula is C16H26N2O2. The lowest BCUT2D eigenvalue weighted by Gasteiger charge is -2.13. The van der Waals surface area contributed by atoms with Crippen LogP contribution in [0.2, 0.25) is 0 Å². The number of rotatable bonds is 7. The molecule has 0 unspecified atom stereocenters. The van der Waals surface area contributed by atoms with E-state index in [9.17, 15) is 4.79 Å². The van der Waals surface area contributed by atoms with Crippen LogP contribution in [0.15, 0.2) is 18.2 Å². The van der Waals surface area contributed by atoms with Gasteiger partial charge in [-0.3, -0.25) is 4.79 Å². The van der Waals surface area contributed by atoms with Crippen LogP contribution in [0.4, 0.5) is 5.69 Å². The van der Waals surface area contributed by atoms with Crippen molar-refractivity contribution in [2.75, 3.05) is 18.9 Å². The van der Waals surface area contributed by atoms with E-state index in [0.29, 0.717) is 42.0 Å². The van der Waals surface area contributed by atoms with Crippen molar-refractivity contribution >= 4 is 11.6 Å². The lowest BCUT2D eigenvalue weighted by Crippen LogP contribution is -2.25. The number of nitrogens with two attached hydrogens (primary N) is 1. The number of amides is 1. The van der Waals surface area contributed by atoms with Gasteiger partial charge in [-0.15, -0.1) is 0 Å². The van der Waals surface area contributed by atoms with Gasteiger partial charge in [0.25, 0.3) is 5.91 Å². The van der Waals surface area contributed by atoms with Crippen molar-refractivity contribution in [1.82, 2.24) is 5.32 Å². The maximum absolute atomic E-state index is 12.0. The number of nitrogens with one attached hydrogen (secondary N) is 1. The molecule has 3 N–H and O–H groups in total. The summed E-state index contributed by atoms with van der Waals surface area (Å²) in [7, 11) is 0. The number of carbonyl (C=O) groups excluding carboxylic acids is 1. The van der Waals surface area contributed by atoms with Gasteiger partial charge in [0.2, 0.25) is 0 Å². The van der Waals surface area contributed by atoms with E-state index in [2.05, 4.69) is 33.0 Å². The van der Waals surface area contributed by atoms with Crippen LogP contribution in [0.1, 0.15) is 44.5 Å². The first-order valence-electron chi connectivity index (χ1n) is 7.20. The average Bonchev–Trinajstić information content (AvgIpc) is 2.37. The van der Waals surface area contributed by atoms with Gasteiger partial charge in [-0.1, -0.05) is 27.7 Å². The highest BCUT2D eigenvalue weighted by atomic mass is 16.5. The zero-order chi connectivity index (χ0) is 15.1. The summed E-state index contributed by atoms with van der Waals surface area (Å²) in [5, 5.41) is 2.91. The third kappa shape index (κ3) is 5.51. The Hall–Kier alpha value is -1.71. The van der Waals surface area contributed by atoms with Crippen LogP contribution in [0.25, 0.3) is 0 Å². The molecule has 1 rings (SSSR count). The standard InChI is InChI=1S/C16H26N2O2/c1-11(2)7-8-18-16(19)13-5-6-14(17)15(9-13)20-10-12(3)4/h5-6,9,11-12H,7-8,10,17H2,1-4H3,(H,18,19). The average molecular weight is 278 g/mol. The van der Waals surface area contributed by atoms with Crippen molar-refractivity contribution in [3.8, 4) is 5.75 Å². The van der Waals surface area contributed by atoms with Crippen molar-refractivity contribution in [3.63, 3.8) is 0 Å². The molecule has 0 atom stereocenters. The van der Waals surface area contributed by atoms with Gasteiger partial charge in [-0.05, 0) is 36.5 Å². The molecule has 0 saturated heterocycles. The van der Waals surface area contributed by atoms with Gasteiger partial charge in [0, 0.05) is 12.1 Å². The fraction of sp³-hybridized carbons (Fsp3) is 0.562. The molecule has 1 aromatic rings. The molecule has 0 aliphatic heterocycles. The molecule has 0 aliphatic carbocycles. The quantitative estimate of drug-likeness (QED) is 0.753. The highest BCUT2D eigenvalue weighted by Crippen LogP contribution is 2.23. The summed E-state index contributed by atoms with van der Waals surface area (Å²) in [6.07, 6.45) is 0.970. The minimum Gasteiger partial charge on any atom is -0.491 e. The Morgan fingerprint density at radius 1 is 1.25 bits per heavy atom. The fourth-order valence-corrected chi connectivity index (χ4v) is 1.63. The van der Waals surface area contributed by atoms with Crippen LogP contribution in [0.5, 0.6) is 5.75 Å². The molecule has 4 nitrogen and oxygen atoms in total. The Bertz CT molecular complexity index is 442. The van der Waals surface area contributed by atoms with Crippen LogP contribution in [-0.2, 0) is 0 Å². The molecule has 0 saturated carbocycles. The molecule has 112 valence electrons. The normalized spacial score (nSPS) is 10.9. The van der Waals surface area contributed by atoms with Gasteiger partial charge in [-0.25, -0.2) is 0 Å². The van der Waals surface area contributed by atoms with Gasteiger partial charge in [0.15, 0.2) is 0 Å². The lowest BCUT2D eigenvalue weighted by molar-refractivity contribution is 0.0951. The van der Waals surface area contributed by atoms with Crippen molar-refractivity contribution < 1.29 is 9.53 Å². The molecule has 0 fully saturated rings. The Labute approximate surface area is 121 Å². The maximum atomic E-state index is 12.0. The molecule has 0 heterocycles. The van der Waals surface area contributed by atoms with E-state index >= 15 is 0 Å². The maximum Gasteiger partial charge on any atom is 0.251 e. The van der Waals surface area contributed by atoms with Gasteiger partial charge >= 0.3 is 0 Å². The zero-order valence-electron chi connectivity index (χ0n) is 12.9. The molecule has 1 amide bonds.